The number of hydrogen-bond acceptors (Lipinski definition) is 4. The first-order valence-electron chi connectivity index (χ1n) is 9.59. The summed E-state index contributed by atoms with van der Waals surface area (Å²) in [6.45, 7) is 0.760. The molecule has 2 aromatic carbocycles. The van der Waals surface area contributed by atoms with Crippen LogP contribution in [0.4, 0.5) is 10.1 Å². The number of hydrogen-bond donors (Lipinski definition) is 1. The average Bonchev–Trinajstić information content (AvgIpc) is 2.76. The van der Waals surface area contributed by atoms with Crippen molar-refractivity contribution < 1.29 is 22.4 Å². The molecule has 0 heterocycles. The summed E-state index contributed by atoms with van der Waals surface area (Å²) >= 11 is 0. The summed E-state index contributed by atoms with van der Waals surface area (Å²) in [6, 6.07) is 13.1. The smallest absolute Gasteiger partial charge is 0.304 e. The van der Waals surface area contributed by atoms with Crippen LogP contribution in [0, 0.1) is 5.82 Å². The van der Waals surface area contributed by atoms with E-state index in [1.54, 1.807) is 36.4 Å². The van der Waals surface area contributed by atoms with Gasteiger partial charge in [0.1, 0.15) is 18.4 Å². The number of carbonyl (C=O) groups excluding carboxylic acids is 2. The topological polar surface area (TPSA) is 90.0 Å². The molecule has 0 aliphatic rings. The minimum Gasteiger partial charge on any atom is -0.357 e. The van der Waals surface area contributed by atoms with Crippen molar-refractivity contribution in [1.82, 2.24) is 14.5 Å². The van der Waals surface area contributed by atoms with E-state index in [2.05, 4.69) is 5.32 Å². The molecule has 0 saturated carbocycles. The molecule has 10 heteroatoms. The first-order valence-corrected chi connectivity index (χ1v) is 11.0. The Kier molecular flexibility index (Phi) is 8.12. The van der Waals surface area contributed by atoms with Gasteiger partial charge in [-0.25, -0.2) is 8.70 Å². The average molecular weight is 451 g/mol. The van der Waals surface area contributed by atoms with Gasteiger partial charge in [0.15, 0.2) is 0 Å². The van der Waals surface area contributed by atoms with Crippen molar-refractivity contribution in [2.75, 3.05) is 32.0 Å². The largest absolute Gasteiger partial charge is 0.357 e. The molecule has 0 radical (unpaired) electrons. The maximum Gasteiger partial charge on any atom is 0.304 e. The van der Waals surface area contributed by atoms with Crippen LogP contribution in [-0.4, -0.2) is 63.2 Å². The quantitative estimate of drug-likeness (QED) is 0.629. The van der Waals surface area contributed by atoms with Crippen molar-refractivity contribution in [1.29, 1.82) is 0 Å². The predicted octanol–water partition coefficient (Wildman–Crippen LogP) is 1.60. The second-order valence-electron chi connectivity index (χ2n) is 7.04. The van der Waals surface area contributed by atoms with E-state index in [4.69, 9.17) is 0 Å². The maximum atomic E-state index is 14.2. The van der Waals surface area contributed by atoms with Crippen LogP contribution in [0.2, 0.25) is 0 Å². The summed E-state index contributed by atoms with van der Waals surface area (Å²) < 4.78 is 42.0. The van der Waals surface area contributed by atoms with Crippen LogP contribution in [0.15, 0.2) is 54.6 Å². The molecule has 0 fully saturated rings. The minimum absolute atomic E-state index is 0.190. The van der Waals surface area contributed by atoms with E-state index in [1.807, 2.05) is 0 Å². The van der Waals surface area contributed by atoms with Gasteiger partial charge in [-0.05, 0) is 25.1 Å². The highest BCUT2D eigenvalue weighted by atomic mass is 32.2. The Balaban J connectivity index is 2.43. The number of amides is 2. The normalized spacial score (nSPS) is 12.3. The monoisotopic (exact) mass is 450 g/mol. The van der Waals surface area contributed by atoms with Crippen molar-refractivity contribution in [2.24, 2.45) is 0 Å². The van der Waals surface area contributed by atoms with E-state index in [-0.39, 0.29) is 12.1 Å². The summed E-state index contributed by atoms with van der Waals surface area (Å²) in [6.07, 6.45) is 0. The van der Waals surface area contributed by atoms with Crippen LogP contribution in [0.1, 0.15) is 12.5 Å². The van der Waals surface area contributed by atoms with Gasteiger partial charge in [-0.3, -0.25) is 9.59 Å². The summed E-state index contributed by atoms with van der Waals surface area (Å²) in [5.41, 5.74) is 0.510. The van der Waals surface area contributed by atoms with E-state index in [0.29, 0.717) is 5.69 Å². The molecule has 0 bridgehead atoms. The lowest BCUT2D eigenvalue weighted by Gasteiger charge is -2.32. The molecule has 0 spiro atoms. The summed E-state index contributed by atoms with van der Waals surface area (Å²) in [7, 11) is 0.142. The van der Waals surface area contributed by atoms with Crippen LogP contribution in [0.3, 0.4) is 0 Å². The van der Waals surface area contributed by atoms with Crippen LogP contribution in [-0.2, 0) is 26.3 Å². The van der Waals surface area contributed by atoms with Gasteiger partial charge in [-0.1, -0.05) is 36.4 Å². The summed E-state index contributed by atoms with van der Waals surface area (Å²) in [5, 5.41) is 2.47. The van der Waals surface area contributed by atoms with Gasteiger partial charge in [0, 0.05) is 33.3 Å². The van der Waals surface area contributed by atoms with Gasteiger partial charge in [0.25, 0.3) is 0 Å². The summed E-state index contributed by atoms with van der Waals surface area (Å²) in [5.74, 6) is -1.62. The molecule has 8 nitrogen and oxygen atoms in total. The zero-order valence-electron chi connectivity index (χ0n) is 17.9. The number of rotatable bonds is 9. The SMILES string of the molecule is CNC(=O)[C@H](C)N(Cc1ccccc1F)C(=O)CN(c1ccccc1)S(=O)(=O)N(C)C. The Hall–Kier alpha value is -2.98. The van der Waals surface area contributed by atoms with Gasteiger partial charge in [-0.2, -0.15) is 12.7 Å². The molecule has 0 aromatic heterocycles. The van der Waals surface area contributed by atoms with Crippen molar-refractivity contribution in [2.45, 2.75) is 19.5 Å². The maximum absolute atomic E-state index is 14.2. The van der Waals surface area contributed by atoms with Crippen molar-refractivity contribution >= 4 is 27.7 Å². The van der Waals surface area contributed by atoms with Crippen LogP contribution < -0.4 is 9.62 Å². The highest BCUT2D eigenvalue weighted by Gasteiger charge is 2.32. The lowest BCUT2D eigenvalue weighted by Crippen LogP contribution is -2.52. The van der Waals surface area contributed by atoms with Gasteiger partial charge < -0.3 is 10.2 Å². The number of nitrogens with one attached hydrogen (secondary N) is 1. The number of benzene rings is 2. The Labute approximate surface area is 182 Å². The van der Waals surface area contributed by atoms with Crippen molar-refractivity contribution in [3.05, 3.63) is 66.0 Å². The molecule has 0 unspecified atom stereocenters. The predicted molar refractivity (Wildman–Crippen MR) is 117 cm³/mol. The van der Waals surface area contributed by atoms with Gasteiger partial charge in [0.05, 0.1) is 5.69 Å². The first kappa shape index (κ1) is 24.3. The van der Waals surface area contributed by atoms with E-state index in [9.17, 15) is 22.4 Å². The molecule has 1 N–H and O–H groups in total. The molecule has 168 valence electrons. The fraction of sp³-hybridized carbons (Fsp3) is 0.333. The van der Waals surface area contributed by atoms with E-state index in [1.165, 1.54) is 51.2 Å². The number of nitrogens with zero attached hydrogens (tertiary/aromatic N) is 3. The first-order chi connectivity index (χ1) is 14.6. The van der Waals surface area contributed by atoms with Crippen LogP contribution >= 0.6 is 0 Å². The number of halogens is 1. The standard InChI is InChI=1S/C21H27FN4O4S/c1-16(21(28)23-2)25(14-17-10-8-9-13-19(17)22)20(27)15-26(31(29,30)24(3)4)18-11-6-5-7-12-18/h5-13,16H,14-15H2,1-4H3,(H,23,28)/t16-/m0/s1. The highest BCUT2D eigenvalue weighted by molar-refractivity contribution is 7.90. The van der Waals surface area contributed by atoms with E-state index in [0.717, 1.165) is 8.61 Å². The fourth-order valence-corrected chi connectivity index (χ4v) is 3.97. The van der Waals surface area contributed by atoms with E-state index >= 15 is 0 Å². The zero-order valence-corrected chi connectivity index (χ0v) is 18.8. The third-order valence-corrected chi connectivity index (χ3v) is 6.60. The van der Waals surface area contributed by atoms with Crippen molar-refractivity contribution in [3.8, 4) is 0 Å². The Morgan fingerprint density at radius 3 is 2.16 bits per heavy atom. The second-order valence-corrected chi connectivity index (χ2v) is 9.10. The Bertz CT molecular complexity index is 1020. The van der Waals surface area contributed by atoms with Gasteiger partial charge >= 0.3 is 10.2 Å². The molecular weight excluding hydrogens is 423 g/mol. The molecule has 0 aliphatic carbocycles. The molecule has 0 saturated heterocycles. The van der Waals surface area contributed by atoms with Crippen molar-refractivity contribution in [3.63, 3.8) is 0 Å². The number of likely N-dealkylation sites (N-methyl/N-ethyl adjacent to an activating group) is 1. The van der Waals surface area contributed by atoms with Gasteiger partial charge in [0.2, 0.25) is 11.8 Å². The fourth-order valence-electron chi connectivity index (χ4n) is 2.91. The summed E-state index contributed by atoms with van der Waals surface area (Å²) in [4.78, 5) is 26.7. The molecule has 1 atom stereocenters. The van der Waals surface area contributed by atoms with Crippen LogP contribution in [0.5, 0.6) is 0 Å². The Morgan fingerprint density at radius 1 is 1.03 bits per heavy atom. The second kappa shape index (κ2) is 10.4. The highest BCUT2D eigenvalue weighted by Crippen LogP contribution is 2.20. The minimum atomic E-state index is -4.01. The molecule has 31 heavy (non-hydrogen) atoms. The molecule has 2 amide bonds. The Morgan fingerprint density at radius 2 is 1.61 bits per heavy atom. The number of para-hydroxylation sites is 1. The molecule has 0 aliphatic heterocycles. The number of carbonyl (C=O) groups is 2. The molecule has 2 rings (SSSR count). The van der Waals surface area contributed by atoms with Gasteiger partial charge in [-0.15, -0.1) is 0 Å². The van der Waals surface area contributed by atoms with E-state index < -0.39 is 40.4 Å². The van der Waals surface area contributed by atoms with Crippen LogP contribution in [0.25, 0.3) is 0 Å². The third kappa shape index (κ3) is 5.80. The number of anilines is 1. The lowest BCUT2D eigenvalue weighted by molar-refractivity contribution is -0.139. The third-order valence-electron chi connectivity index (χ3n) is 4.78. The molecule has 2 aromatic rings. The molecular formula is C21H27FN4O4S. The lowest BCUT2D eigenvalue weighted by atomic mass is 10.1. The zero-order chi connectivity index (χ0) is 23.2.